The average molecular weight is 508 g/mol. The van der Waals surface area contributed by atoms with Crippen LogP contribution in [-0.4, -0.2) is 34.1 Å². The number of amides is 1. The van der Waals surface area contributed by atoms with Crippen LogP contribution in [-0.2, 0) is 21.4 Å². The van der Waals surface area contributed by atoms with Crippen molar-refractivity contribution < 1.29 is 27.4 Å². The molecule has 2 N–H and O–H groups in total. The Labute approximate surface area is 203 Å². The van der Waals surface area contributed by atoms with E-state index in [1.807, 2.05) is 6.92 Å². The van der Waals surface area contributed by atoms with Gasteiger partial charge in [0.15, 0.2) is 5.79 Å². The van der Waals surface area contributed by atoms with Gasteiger partial charge in [-0.05, 0) is 30.3 Å². The van der Waals surface area contributed by atoms with Gasteiger partial charge >= 0.3 is 6.18 Å². The van der Waals surface area contributed by atoms with Crippen molar-refractivity contribution in [2.45, 2.75) is 31.7 Å². The molecule has 0 bridgehead atoms. The second-order valence-corrected chi connectivity index (χ2v) is 8.08. The van der Waals surface area contributed by atoms with Crippen LogP contribution in [0, 0.1) is 0 Å². The monoisotopic (exact) mass is 507 g/mol. The van der Waals surface area contributed by atoms with Crippen LogP contribution in [0.15, 0.2) is 48.9 Å². The van der Waals surface area contributed by atoms with E-state index >= 15 is 0 Å². The average Bonchev–Trinajstić information content (AvgIpc) is 3.30. The predicted molar refractivity (Wildman–Crippen MR) is 122 cm³/mol. The smallest absolute Gasteiger partial charge is 0.343 e. The molecule has 4 rings (SSSR count). The van der Waals surface area contributed by atoms with E-state index in [0.29, 0.717) is 37.1 Å². The molecule has 1 saturated heterocycles. The van der Waals surface area contributed by atoms with E-state index in [9.17, 15) is 18.0 Å². The van der Waals surface area contributed by atoms with Crippen molar-refractivity contribution in [2.75, 3.05) is 23.8 Å². The molecule has 0 atom stereocenters. The molecule has 0 radical (unpaired) electrons. The molecule has 1 aliphatic heterocycles. The van der Waals surface area contributed by atoms with Gasteiger partial charge in [0.05, 0.1) is 30.7 Å². The van der Waals surface area contributed by atoms with Crippen LogP contribution in [0.3, 0.4) is 0 Å². The third-order valence-corrected chi connectivity index (χ3v) is 5.44. The van der Waals surface area contributed by atoms with Gasteiger partial charge in [0.2, 0.25) is 0 Å². The highest BCUT2D eigenvalue weighted by atomic mass is 35.5. The van der Waals surface area contributed by atoms with E-state index in [0.717, 1.165) is 12.5 Å². The van der Waals surface area contributed by atoms with Gasteiger partial charge in [0, 0.05) is 29.9 Å². The first kappa shape index (κ1) is 24.8. The minimum absolute atomic E-state index is 0.143. The molecule has 1 aliphatic rings. The summed E-state index contributed by atoms with van der Waals surface area (Å²) in [5, 5.41) is 5.83. The van der Waals surface area contributed by atoms with Gasteiger partial charge in [-0.25, -0.2) is 15.0 Å². The van der Waals surface area contributed by atoms with Gasteiger partial charge < -0.3 is 20.1 Å². The zero-order valence-electron chi connectivity index (χ0n) is 18.5. The highest BCUT2D eigenvalue weighted by Crippen LogP contribution is 2.40. The SMILES string of the molecule is CCCC1(c2cc(Cl)ncc2NC(=O)c2ccnc(Nc3ccc(C(F)(F)F)cn3)c2)OCCO1. The van der Waals surface area contributed by atoms with Crippen LogP contribution < -0.4 is 10.6 Å². The summed E-state index contributed by atoms with van der Waals surface area (Å²) in [5.74, 6) is -1.14. The van der Waals surface area contributed by atoms with Crippen LogP contribution in [0.4, 0.5) is 30.5 Å². The second kappa shape index (κ2) is 10.1. The molecular weight excluding hydrogens is 487 g/mol. The zero-order chi connectivity index (χ0) is 25.1. The number of hydrogen-bond donors (Lipinski definition) is 2. The van der Waals surface area contributed by atoms with Crippen molar-refractivity contribution in [1.29, 1.82) is 0 Å². The van der Waals surface area contributed by atoms with Crippen molar-refractivity contribution in [3.63, 3.8) is 0 Å². The van der Waals surface area contributed by atoms with E-state index in [-0.39, 0.29) is 22.4 Å². The number of carbonyl (C=O) groups excluding carboxylic acids is 1. The van der Waals surface area contributed by atoms with Crippen molar-refractivity contribution >= 4 is 34.8 Å². The summed E-state index contributed by atoms with van der Waals surface area (Å²) in [5.41, 5.74) is 0.317. The first-order valence-corrected chi connectivity index (χ1v) is 11.1. The van der Waals surface area contributed by atoms with Crippen molar-refractivity contribution in [3.8, 4) is 0 Å². The molecule has 0 aromatic carbocycles. The third kappa shape index (κ3) is 5.69. The molecule has 0 saturated carbocycles. The summed E-state index contributed by atoms with van der Waals surface area (Å²) in [6.07, 6.45) is 0.383. The first-order valence-electron chi connectivity index (χ1n) is 10.7. The van der Waals surface area contributed by atoms with Crippen LogP contribution in [0.5, 0.6) is 0 Å². The highest BCUT2D eigenvalue weighted by Gasteiger charge is 2.40. The van der Waals surface area contributed by atoms with E-state index < -0.39 is 23.4 Å². The predicted octanol–water partition coefficient (Wildman–Crippen LogP) is 5.54. The lowest BCUT2D eigenvalue weighted by molar-refractivity contribution is -0.170. The Hall–Kier alpha value is -3.28. The molecule has 8 nitrogen and oxygen atoms in total. The van der Waals surface area contributed by atoms with Gasteiger partial charge in [-0.2, -0.15) is 13.2 Å². The van der Waals surface area contributed by atoms with Crippen molar-refractivity contribution in [3.05, 3.63) is 70.8 Å². The van der Waals surface area contributed by atoms with Gasteiger partial charge in [0.1, 0.15) is 16.8 Å². The fourth-order valence-electron chi connectivity index (χ4n) is 3.66. The summed E-state index contributed by atoms with van der Waals surface area (Å²) in [7, 11) is 0. The number of ether oxygens (including phenoxy) is 2. The van der Waals surface area contributed by atoms with Gasteiger partial charge in [-0.3, -0.25) is 4.79 Å². The first-order chi connectivity index (χ1) is 16.7. The fourth-order valence-corrected chi connectivity index (χ4v) is 3.82. The minimum atomic E-state index is -4.48. The number of carbonyl (C=O) groups is 1. The maximum Gasteiger partial charge on any atom is 0.417 e. The summed E-state index contributed by atoms with van der Waals surface area (Å²) in [6.45, 7) is 2.81. The molecule has 12 heteroatoms. The minimum Gasteiger partial charge on any atom is -0.343 e. The van der Waals surface area contributed by atoms with Crippen LogP contribution in [0.25, 0.3) is 0 Å². The molecule has 4 heterocycles. The summed E-state index contributed by atoms with van der Waals surface area (Å²) in [4.78, 5) is 25.0. The number of alkyl halides is 3. The van der Waals surface area contributed by atoms with Crippen molar-refractivity contribution in [2.24, 2.45) is 0 Å². The Kier molecular flexibility index (Phi) is 7.20. The topological polar surface area (TPSA) is 98.3 Å². The van der Waals surface area contributed by atoms with Gasteiger partial charge in [0.25, 0.3) is 5.91 Å². The molecule has 1 fully saturated rings. The Balaban J connectivity index is 1.54. The van der Waals surface area contributed by atoms with Gasteiger partial charge in [-0.1, -0.05) is 24.9 Å². The number of nitrogens with one attached hydrogen (secondary N) is 2. The van der Waals surface area contributed by atoms with E-state index in [1.54, 1.807) is 6.07 Å². The largest absolute Gasteiger partial charge is 0.417 e. The number of rotatable bonds is 7. The van der Waals surface area contributed by atoms with Crippen LogP contribution in [0.1, 0.15) is 41.3 Å². The second-order valence-electron chi connectivity index (χ2n) is 7.69. The molecule has 184 valence electrons. The Morgan fingerprint density at radius 1 is 1.09 bits per heavy atom. The fraction of sp³-hybridized carbons (Fsp3) is 0.304. The molecule has 0 spiro atoms. The summed E-state index contributed by atoms with van der Waals surface area (Å²) in [6, 6.07) is 6.63. The van der Waals surface area contributed by atoms with E-state index in [1.165, 1.54) is 30.6 Å². The molecule has 0 aliphatic carbocycles. The number of nitrogens with zero attached hydrogens (tertiary/aromatic N) is 3. The highest BCUT2D eigenvalue weighted by molar-refractivity contribution is 6.29. The Morgan fingerprint density at radius 2 is 1.86 bits per heavy atom. The molecule has 1 amide bonds. The van der Waals surface area contributed by atoms with Crippen molar-refractivity contribution in [1.82, 2.24) is 15.0 Å². The zero-order valence-corrected chi connectivity index (χ0v) is 19.3. The van der Waals surface area contributed by atoms with E-state index in [2.05, 4.69) is 25.6 Å². The quantitative estimate of drug-likeness (QED) is 0.405. The lowest BCUT2D eigenvalue weighted by Crippen LogP contribution is -2.29. The molecule has 35 heavy (non-hydrogen) atoms. The van der Waals surface area contributed by atoms with Crippen LogP contribution in [0.2, 0.25) is 5.15 Å². The number of pyridine rings is 3. The molecule has 3 aromatic heterocycles. The molecule has 3 aromatic rings. The maximum atomic E-state index is 13.0. The Bertz CT molecular complexity index is 1200. The number of hydrogen-bond acceptors (Lipinski definition) is 7. The standard InChI is InChI=1S/C23H21ClF3N5O3/c1-2-6-22(34-8-9-35-22)16-11-18(24)29-13-17(16)31-21(33)14-5-7-28-20(10-14)32-19-4-3-15(12-30-19)23(25,26)27/h3-5,7,10-13H,2,6,8-9H2,1H3,(H,31,33)(H,28,30,32). The van der Waals surface area contributed by atoms with Gasteiger partial charge in [-0.15, -0.1) is 0 Å². The van der Waals surface area contributed by atoms with E-state index in [4.69, 9.17) is 21.1 Å². The summed E-state index contributed by atoms with van der Waals surface area (Å²) < 4.78 is 50.0. The maximum absolute atomic E-state index is 13.0. The number of aromatic nitrogens is 3. The van der Waals surface area contributed by atoms with Crippen LogP contribution >= 0.6 is 11.6 Å². The molecule has 0 unspecified atom stereocenters. The third-order valence-electron chi connectivity index (χ3n) is 5.23. The lowest BCUT2D eigenvalue weighted by atomic mass is 10.00. The number of halogens is 4. The molecular formula is C23H21ClF3N5O3. The summed E-state index contributed by atoms with van der Waals surface area (Å²) >= 11 is 6.12. The normalized spacial score (nSPS) is 15.1. The lowest BCUT2D eigenvalue weighted by Gasteiger charge is -2.29. The number of anilines is 3. The Morgan fingerprint density at radius 3 is 2.51 bits per heavy atom.